The molecule has 0 saturated heterocycles. The highest BCUT2D eigenvalue weighted by atomic mass is 32.3. The van der Waals surface area contributed by atoms with Crippen LogP contribution >= 0.6 is 11.5 Å². The summed E-state index contributed by atoms with van der Waals surface area (Å²) in [6, 6.07) is 2.00. The van der Waals surface area contributed by atoms with Crippen molar-refractivity contribution in [2.24, 2.45) is 7.05 Å². The second kappa shape index (κ2) is 7.53. The summed E-state index contributed by atoms with van der Waals surface area (Å²) in [7, 11) is -3.41. The Kier molecular flexibility index (Phi) is 7.18. The maximum absolute atomic E-state index is 10.1. The van der Waals surface area contributed by atoms with Gasteiger partial charge in [0.15, 0.2) is 7.05 Å². The van der Waals surface area contributed by atoms with Gasteiger partial charge in [-0.2, -0.15) is 0 Å². The zero-order valence-electron chi connectivity index (χ0n) is 9.05. The fourth-order valence-corrected chi connectivity index (χ4v) is 1.37. The molecule has 0 aromatic carbocycles. The summed E-state index contributed by atoms with van der Waals surface area (Å²) in [5, 5.41) is 2.03. The molecule has 0 spiro atoms. The van der Waals surface area contributed by atoms with Crippen LogP contribution in [0.1, 0.15) is 19.8 Å². The van der Waals surface area contributed by atoms with Gasteiger partial charge in [-0.05, 0) is 6.42 Å². The van der Waals surface area contributed by atoms with Gasteiger partial charge in [-0.25, -0.2) is 8.42 Å². The van der Waals surface area contributed by atoms with Crippen molar-refractivity contribution in [3.8, 4) is 5.88 Å². The van der Waals surface area contributed by atoms with Crippen LogP contribution in [0, 0.1) is 0 Å². The Morgan fingerprint density at radius 3 is 2.56 bits per heavy atom. The summed E-state index contributed by atoms with van der Waals surface area (Å²) in [5.41, 5.74) is 0. The van der Waals surface area contributed by atoms with Crippen LogP contribution in [0.15, 0.2) is 11.4 Å². The van der Waals surface area contributed by atoms with E-state index in [-0.39, 0.29) is 0 Å². The zero-order chi connectivity index (χ0) is 12.6. The summed E-state index contributed by atoms with van der Waals surface area (Å²) in [6.45, 7) is 3.00. The first-order valence-electron chi connectivity index (χ1n) is 4.57. The minimum absolute atomic E-state index is 0.834. The normalized spacial score (nSPS) is 10.5. The average Bonchev–Trinajstić information content (AvgIpc) is 2.49. The predicted molar refractivity (Wildman–Crippen MR) is 56.7 cm³/mol. The van der Waals surface area contributed by atoms with Crippen molar-refractivity contribution in [3.05, 3.63) is 11.4 Å². The van der Waals surface area contributed by atoms with E-state index in [1.807, 2.05) is 22.5 Å². The molecule has 1 heterocycles. The third-order valence-electron chi connectivity index (χ3n) is 1.49. The van der Waals surface area contributed by atoms with E-state index in [1.54, 1.807) is 11.5 Å². The maximum Gasteiger partial charge on any atom is 0.382 e. The van der Waals surface area contributed by atoms with E-state index in [4.69, 9.17) is 17.7 Å². The summed E-state index contributed by atoms with van der Waals surface area (Å²) >= 11 is 1.65. The molecule has 8 heteroatoms. The fraction of sp³-hybridized carbons (Fsp3) is 0.625. The molecule has 0 fully saturated rings. The van der Waals surface area contributed by atoms with Crippen molar-refractivity contribution in [1.82, 2.24) is 0 Å². The Bertz CT molecular complexity index is 382. The summed E-state index contributed by atoms with van der Waals surface area (Å²) in [5.74, 6) is 0.975. The molecule has 16 heavy (non-hydrogen) atoms. The fourth-order valence-electron chi connectivity index (χ4n) is 0.797. The zero-order valence-corrected chi connectivity index (χ0v) is 10.7. The van der Waals surface area contributed by atoms with Crippen LogP contribution in [0.2, 0.25) is 0 Å². The van der Waals surface area contributed by atoms with Gasteiger partial charge in [-0.3, -0.25) is 0 Å². The van der Waals surface area contributed by atoms with Crippen molar-refractivity contribution in [2.45, 2.75) is 19.8 Å². The SMILES string of the molecule is CCCCOc1ccs[n+]1C.O=S(=O)([O-])F. The van der Waals surface area contributed by atoms with E-state index in [2.05, 4.69) is 6.92 Å². The molecular weight excluding hydrogens is 257 g/mol. The Morgan fingerprint density at radius 1 is 1.62 bits per heavy atom. The van der Waals surface area contributed by atoms with Gasteiger partial charge in [0.05, 0.1) is 18.1 Å². The summed E-state index contributed by atoms with van der Waals surface area (Å²) in [4.78, 5) is 0. The summed E-state index contributed by atoms with van der Waals surface area (Å²) < 4.78 is 42.8. The van der Waals surface area contributed by atoms with Gasteiger partial charge >= 0.3 is 5.88 Å². The van der Waals surface area contributed by atoms with Gasteiger partial charge in [-0.1, -0.05) is 13.3 Å². The number of aryl methyl sites for hydroxylation is 1. The number of halogens is 1. The smallest absolute Gasteiger partial charge is 0.382 e. The van der Waals surface area contributed by atoms with E-state index in [0.717, 1.165) is 18.9 Å². The minimum atomic E-state index is -5.42. The number of hydrogen-bond donors (Lipinski definition) is 0. The Labute approximate surface area is 98.7 Å². The molecule has 0 radical (unpaired) electrons. The third kappa shape index (κ3) is 9.81. The first kappa shape index (κ1) is 15.3. The number of aromatic nitrogens is 1. The molecule has 0 atom stereocenters. The first-order valence-corrected chi connectivity index (χ1v) is 6.71. The lowest BCUT2D eigenvalue weighted by molar-refractivity contribution is -0.608. The van der Waals surface area contributed by atoms with Crippen molar-refractivity contribution in [1.29, 1.82) is 0 Å². The standard InChI is InChI=1S/C8H14NOS.FHO3S/c1-3-4-6-10-8-5-7-11-9(8)2;1-5(2,3)4/h5,7H,3-4,6H2,1-2H3;(H,2,3,4)/q+1;/p-1. The van der Waals surface area contributed by atoms with Crippen LogP contribution in [0.5, 0.6) is 5.88 Å². The van der Waals surface area contributed by atoms with E-state index in [0.29, 0.717) is 0 Å². The van der Waals surface area contributed by atoms with Gasteiger partial charge in [-0.15, -0.1) is 7.84 Å². The monoisotopic (exact) mass is 271 g/mol. The molecular formula is C8H14FNO4S2. The highest BCUT2D eigenvalue weighted by Crippen LogP contribution is 2.05. The third-order valence-corrected chi connectivity index (χ3v) is 2.24. The minimum Gasteiger partial charge on any atom is -0.722 e. The highest BCUT2D eigenvalue weighted by Gasteiger charge is 2.07. The molecule has 1 rings (SSSR count). The average molecular weight is 271 g/mol. The lowest BCUT2D eigenvalue weighted by atomic mass is 10.4. The van der Waals surface area contributed by atoms with Crippen molar-refractivity contribution in [3.63, 3.8) is 0 Å². The molecule has 0 aliphatic rings. The van der Waals surface area contributed by atoms with Gasteiger partial charge in [0.25, 0.3) is 10.5 Å². The van der Waals surface area contributed by atoms with Crippen molar-refractivity contribution < 1.29 is 25.5 Å². The molecule has 1 aromatic rings. The van der Waals surface area contributed by atoms with E-state index in [1.165, 1.54) is 6.42 Å². The van der Waals surface area contributed by atoms with Crippen LogP contribution < -0.4 is 8.69 Å². The largest absolute Gasteiger partial charge is 0.722 e. The van der Waals surface area contributed by atoms with E-state index >= 15 is 0 Å². The second-order valence-electron chi connectivity index (χ2n) is 2.84. The van der Waals surface area contributed by atoms with E-state index in [9.17, 15) is 3.89 Å². The maximum atomic E-state index is 10.1. The number of ether oxygens (including phenoxy) is 1. The Morgan fingerprint density at radius 2 is 2.19 bits per heavy atom. The highest BCUT2D eigenvalue weighted by molar-refractivity contribution is 7.80. The van der Waals surface area contributed by atoms with E-state index < -0.39 is 10.5 Å². The molecule has 0 N–H and O–H groups in total. The van der Waals surface area contributed by atoms with Crippen LogP contribution in [0.4, 0.5) is 3.89 Å². The lowest BCUT2D eigenvalue weighted by Crippen LogP contribution is -2.24. The van der Waals surface area contributed by atoms with Crippen molar-refractivity contribution in [2.75, 3.05) is 6.61 Å². The van der Waals surface area contributed by atoms with Gasteiger partial charge in [0.1, 0.15) is 11.5 Å². The van der Waals surface area contributed by atoms with Crippen molar-refractivity contribution >= 4 is 22.0 Å². The van der Waals surface area contributed by atoms with Crippen LogP contribution in [-0.2, 0) is 17.6 Å². The number of hydrogen-bond acceptors (Lipinski definition) is 5. The molecule has 0 bridgehead atoms. The molecule has 0 amide bonds. The second-order valence-corrected chi connectivity index (χ2v) is 4.66. The Balaban J connectivity index is 0.000000385. The molecule has 94 valence electrons. The molecule has 0 saturated carbocycles. The number of unbranched alkanes of at least 4 members (excludes halogenated alkanes) is 1. The topological polar surface area (TPSA) is 70.3 Å². The van der Waals surface area contributed by atoms with Crippen LogP contribution in [0.3, 0.4) is 0 Å². The quantitative estimate of drug-likeness (QED) is 0.357. The predicted octanol–water partition coefficient (Wildman–Crippen LogP) is 1.17. The summed E-state index contributed by atoms with van der Waals surface area (Å²) in [6.07, 6.45) is 2.32. The van der Waals surface area contributed by atoms with Gasteiger partial charge in [0.2, 0.25) is 0 Å². The Hall–Kier alpha value is -0.730. The van der Waals surface area contributed by atoms with Crippen LogP contribution in [0.25, 0.3) is 0 Å². The molecule has 5 nitrogen and oxygen atoms in total. The molecule has 1 aromatic heterocycles. The number of rotatable bonds is 4. The number of nitrogens with zero attached hydrogens (tertiary/aromatic N) is 1. The van der Waals surface area contributed by atoms with Gasteiger partial charge in [0, 0.05) is 0 Å². The first-order chi connectivity index (χ1) is 7.34. The van der Waals surface area contributed by atoms with Crippen LogP contribution in [-0.4, -0.2) is 19.6 Å². The molecule has 0 unspecified atom stereocenters. The lowest BCUT2D eigenvalue weighted by Gasteiger charge is -1.96. The molecule has 0 aliphatic heterocycles. The molecule has 0 aliphatic carbocycles. The van der Waals surface area contributed by atoms with Gasteiger partial charge < -0.3 is 9.29 Å².